The van der Waals surface area contributed by atoms with Crippen LogP contribution in [0.3, 0.4) is 0 Å². The number of amides is 2. The number of hydrogen-bond donors (Lipinski definition) is 1. The molecule has 0 spiro atoms. The lowest BCUT2D eigenvalue weighted by atomic mass is 9.88. The van der Waals surface area contributed by atoms with Crippen molar-refractivity contribution in [1.29, 1.82) is 0 Å². The molecule has 1 N–H and O–H groups in total. The Balaban J connectivity index is 1.34. The van der Waals surface area contributed by atoms with Crippen LogP contribution in [0, 0.1) is 11.8 Å². The van der Waals surface area contributed by atoms with Crippen molar-refractivity contribution in [1.82, 2.24) is 15.1 Å². The van der Waals surface area contributed by atoms with Gasteiger partial charge in [-0.3, -0.25) is 9.59 Å². The summed E-state index contributed by atoms with van der Waals surface area (Å²) < 4.78 is 0. The molecular weight excluding hydrogens is 398 g/mol. The Labute approximate surface area is 193 Å². The smallest absolute Gasteiger partial charge is 0.243 e. The Kier molecular flexibility index (Phi) is 7.88. The lowest BCUT2D eigenvalue weighted by Gasteiger charge is -2.39. The van der Waals surface area contributed by atoms with E-state index in [1.165, 1.54) is 49.8 Å². The van der Waals surface area contributed by atoms with Crippen LogP contribution in [0.15, 0.2) is 24.3 Å². The Morgan fingerprint density at radius 3 is 2.38 bits per heavy atom. The van der Waals surface area contributed by atoms with E-state index in [-0.39, 0.29) is 23.8 Å². The maximum atomic E-state index is 13.4. The van der Waals surface area contributed by atoms with Gasteiger partial charge in [-0.1, -0.05) is 57.4 Å². The number of nitrogens with one attached hydrogen (secondary N) is 1. The van der Waals surface area contributed by atoms with Gasteiger partial charge in [-0.05, 0) is 48.6 Å². The van der Waals surface area contributed by atoms with Crippen LogP contribution in [0.4, 0.5) is 0 Å². The molecule has 1 saturated heterocycles. The van der Waals surface area contributed by atoms with Crippen LogP contribution in [0.2, 0.25) is 0 Å². The highest BCUT2D eigenvalue weighted by atomic mass is 16.2. The summed E-state index contributed by atoms with van der Waals surface area (Å²) in [4.78, 5) is 30.8. The minimum atomic E-state index is -0.392. The van der Waals surface area contributed by atoms with Crippen LogP contribution in [0.25, 0.3) is 0 Å². The topological polar surface area (TPSA) is 52.7 Å². The zero-order valence-electron chi connectivity index (χ0n) is 20.0. The maximum absolute atomic E-state index is 13.4. The first kappa shape index (κ1) is 23.3. The Morgan fingerprint density at radius 2 is 1.69 bits per heavy atom. The van der Waals surface area contributed by atoms with Gasteiger partial charge in [0.15, 0.2) is 0 Å². The zero-order valence-corrected chi connectivity index (χ0v) is 20.0. The molecule has 2 aliphatic heterocycles. The van der Waals surface area contributed by atoms with E-state index >= 15 is 0 Å². The van der Waals surface area contributed by atoms with E-state index in [1.54, 1.807) is 0 Å². The molecule has 1 aromatic carbocycles. The number of piperidine rings is 1. The molecule has 2 amide bonds. The Morgan fingerprint density at radius 1 is 1.00 bits per heavy atom. The normalized spacial score (nSPS) is 23.2. The number of carbonyl (C=O) groups is 2. The van der Waals surface area contributed by atoms with Crippen LogP contribution >= 0.6 is 0 Å². The van der Waals surface area contributed by atoms with E-state index in [0.717, 1.165) is 31.8 Å². The van der Waals surface area contributed by atoms with Crippen LogP contribution < -0.4 is 5.32 Å². The molecule has 0 bridgehead atoms. The van der Waals surface area contributed by atoms with Gasteiger partial charge in [0.2, 0.25) is 11.8 Å². The summed E-state index contributed by atoms with van der Waals surface area (Å²) >= 11 is 0. The molecule has 1 aliphatic carbocycles. The van der Waals surface area contributed by atoms with Gasteiger partial charge in [-0.2, -0.15) is 0 Å². The van der Waals surface area contributed by atoms with Crippen molar-refractivity contribution in [3.63, 3.8) is 0 Å². The average molecular weight is 440 g/mol. The highest BCUT2D eigenvalue weighted by Gasteiger charge is 2.35. The molecule has 1 saturated carbocycles. The van der Waals surface area contributed by atoms with Crippen molar-refractivity contribution in [2.24, 2.45) is 11.8 Å². The monoisotopic (exact) mass is 439 g/mol. The number of likely N-dealkylation sites (tertiary alicyclic amines) is 1. The van der Waals surface area contributed by atoms with Gasteiger partial charge < -0.3 is 15.1 Å². The van der Waals surface area contributed by atoms with E-state index in [0.29, 0.717) is 19.4 Å². The standard InChI is InChI=1S/C27H41N3O2/c1-20(2)16-26(31)30-19-23-11-7-6-10-22(23)17-25(30)27(32)28-24-12-14-29(15-13-24)18-21-8-4-3-5-9-21/h6-7,10-11,20-21,24-25H,3-5,8-9,12-19H2,1-2H3,(H,28,32). The predicted octanol–water partition coefficient (Wildman–Crippen LogP) is 4.15. The lowest BCUT2D eigenvalue weighted by molar-refractivity contribution is -0.142. The lowest BCUT2D eigenvalue weighted by Crippen LogP contribution is -2.55. The molecule has 0 aromatic heterocycles. The molecular formula is C27H41N3O2. The first-order valence-electron chi connectivity index (χ1n) is 12.9. The van der Waals surface area contributed by atoms with E-state index in [4.69, 9.17) is 0 Å². The summed E-state index contributed by atoms with van der Waals surface area (Å²) in [6, 6.07) is 8.07. The van der Waals surface area contributed by atoms with Gasteiger partial charge in [-0.15, -0.1) is 0 Å². The summed E-state index contributed by atoms with van der Waals surface area (Å²) in [5.74, 6) is 1.29. The molecule has 2 heterocycles. The molecule has 5 nitrogen and oxygen atoms in total. The Hall–Kier alpha value is -1.88. The van der Waals surface area contributed by atoms with Gasteiger partial charge in [0.25, 0.3) is 0 Å². The largest absolute Gasteiger partial charge is 0.351 e. The molecule has 0 radical (unpaired) electrons. The second-order valence-corrected chi connectivity index (χ2v) is 10.7. The molecule has 1 aromatic rings. The molecule has 1 unspecified atom stereocenters. The average Bonchev–Trinajstić information content (AvgIpc) is 2.79. The van der Waals surface area contributed by atoms with Crippen molar-refractivity contribution in [3.05, 3.63) is 35.4 Å². The fourth-order valence-corrected chi connectivity index (χ4v) is 5.78. The third-order valence-corrected chi connectivity index (χ3v) is 7.63. The molecule has 3 aliphatic rings. The van der Waals surface area contributed by atoms with E-state index in [1.807, 2.05) is 17.0 Å². The first-order valence-corrected chi connectivity index (χ1v) is 12.9. The van der Waals surface area contributed by atoms with E-state index in [2.05, 4.69) is 36.2 Å². The minimum absolute atomic E-state index is 0.0299. The van der Waals surface area contributed by atoms with Crippen LogP contribution in [-0.2, 0) is 22.6 Å². The van der Waals surface area contributed by atoms with Gasteiger partial charge in [0.05, 0.1) is 0 Å². The first-order chi connectivity index (χ1) is 15.5. The molecule has 176 valence electrons. The number of rotatable bonds is 6. The van der Waals surface area contributed by atoms with Gasteiger partial charge in [0, 0.05) is 45.1 Å². The molecule has 5 heteroatoms. The van der Waals surface area contributed by atoms with Crippen molar-refractivity contribution in [2.45, 2.75) is 90.3 Å². The Bertz CT molecular complexity index is 779. The second-order valence-electron chi connectivity index (χ2n) is 10.7. The van der Waals surface area contributed by atoms with Gasteiger partial charge in [0.1, 0.15) is 6.04 Å². The molecule has 1 atom stereocenters. The summed E-state index contributed by atoms with van der Waals surface area (Å²) in [5.41, 5.74) is 2.37. The highest BCUT2D eigenvalue weighted by Crippen LogP contribution is 2.27. The second kappa shape index (κ2) is 10.8. The minimum Gasteiger partial charge on any atom is -0.351 e. The van der Waals surface area contributed by atoms with Crippen molar-refractivity contribution in [2.75, 3.05) is 19.6 Å². The molecule has 2 fully saturated rings. The van der Waals surface area contributed by atoms with Crippen molar-refractivity contribution >= 4 is 11.8 Å². The van der Waals surface area contributed by atoms with Gasteiger partial charge in [-0.25, -0.2) is 0 Å². The van der Waals surface area contributed by atoms with E-state index in [9.17, 15) is 9.59 Å². The van der Waals surface area contributed by atoms with Crippen LogP contribution in [-0.4, -0.2) is 53.3 Å². The summed E-state index contributed by atoms with van der Waals surface area (Å²) in [7, 11) is 0. The summed E-state index contributed by atoms with van der Waals surface area (Å²) in [6.45, 7) is 8.05. The number of benzene rings is 1. The third-order valence-electron chi connectivity index (χ3n) is 7.63. The van der Waals surface area contributed by atoms with Crippen molar-refractivity contribution in [3.8, 4) is 0 Å². The van der Waals surface area contributed by atoms with Crippen molar-refractivity contribution < 1.29 is 9.59 Å². The molecule has 32 heavy (non-hydrogen) atoms. The number of fused-ring (bicyclic) bond motifs is 1. The fourth-order valence-electron chi connectivity index (χ4n) is 5.78. The maximum Gasteiger partial charge on any atom is 0.243 e. The third kappa shape index (κ3) is 5.92. The number of nitrogens with zero attached hydrogens (tertiary/aromatic N) is 2. The summed E-state index contributed by atoms with van der Waals surface area (Å²) in [6.07, 6.45) is 10.1. The van der Waals surface area contributed by atoms with Gasteiger partial charge >= 0.3 is 0 Å². The number of hydrogen-bond acceptors (Lipinski definition) is 3. The zero-order chi connectivity index (χ0) is 22.5. The predicted molar refractivity (Wildman–Crippen MR) is 128 cm³/mol. The SMILES string of the molecule is CC(C)CC(=O)N1Cc2ccccc2CC1C(=O)NC1CCN(CC2CCCCC2)CC1. The number of carbonyl (C=O) groups excluding carboxylic acids is 2. The highest BCUT2D eigenvalue weighted by molar-refractivity contribution is 5.88. The fraction of sp³-hybridized carbons (Fsp3) is 0.704. The van der Waals surface area contributed by atoms with E-state index < -0.39 is 6.04 Å². The quantitative estimate of drug-likeness (QED) is 0.725. The van der Waals surface area contributed by atoms with Crippen LogP contribution in [0.5, 0.6) is 0 Å². The molecule has 4 rings (SSSR count). The summed E-state index contributed by atoms with van der Waals surface area (Å²) in [5, 5.41) is 3.32. The van der Waals surface area contributed by atoms with Crippen LogP contribution in [0.1, 0.15) is 76.3 Å².